The van der Waals surface area contributed by atoms with Crippen LogP contribution in [0.1, 0.15) is 12.0 Å². The Labute approximate surface area is 150 Å². The molecule has 0 fully saturated rings. The van der Waals surface area contributed by atoms with Crippen molar-refractivity contribution in [2.75, 3.05) is 27.2 Å². The minimum Gasteiger partial charge on any atom is -0.486 e. The monoisotopic (exact) mass is 351 g/mol. The summed E-state index contributed by atoms with van der Waals surface area (Å²) in [5.41, 5.74) is 2.34. The number of aryl methyl sites for hydroxylation is 1. The molecule has 0 radical (unpaired) electrons. The van der Waals surface area contributed by atoms with Crippen molar-refractivity contribution in [2.45, 2.75) is 13.3 Å². The lowest BCUT2D eigenvalue weighted by Crippen LogP contribution is -2.15. The third kappa shape index (κ3) is 2.84. The van der Waals surface area contributed by atoms with Gasteiger partial charge in [0.15, 0.2) is 11.2 Å². The van der Waals surface area contributed by atoms with Gasteiger partial charge in [0.1, 0.15) is 5.58 Å². The van der Waals surface area contributed by atoms with E-state index in [1.807, 2.05) is 51.4 Å². The lowest BCUT2D eigenvalue weighted by atomic mass is 10.1. The Hall–Kier alpha value is -2.79. The van der Waals surface area contributed by atoms with Crippen molar-refractivity contribution < 1.29 is 13.6 Å². The van der Waals surface area contributed by atoms with Crippen molar-refractivity contribution in [1.29, 1.82) is 0 Å². The van der Waals surface area contributed by atoms with E-state index < -0.39 is 0 Å². The van der Waals surface area contributed by atoms with Gasteiger partial charge >= 0.3 is 5.63 Å². The Kier molecular flexibility index (Phi) is 4.17. The molecule has 134 valence electrons. The number of rotatable bonds is 5. The summed E-state index contributed by atoms with van der Waals surface area (Å²) in [5, 5.41) is 2.85. The first-order valence-electron chi connectivity index (χ1n) is 8.71. The molecule has 0 N–H and O–H groups in total. The van der Waals surface area contributed by atoms with Gasteiger partial charge in [-0.2, -0.15) is 0 Å². The van der Waals surface area contributed by atoms with Gasteiger partial charge in [-0.15, -0.1) is 0 Å². The highest BCUT2D eigenvalue weighted by atomic mass is 16.5. The van der Waals surface area contributed by atoms with Crippen LogP contribution in [-0.2, 0) is 0 Å². The topological polar surface area (TPSA) is 55.8 Å². The normalized spacial score (nSPS) is 11.8. The summed E-state index contributed by atoms with van der Waals surface area (Å²) in [7, 11) is 4.05. The lowest BCUT2D eigenvalue weighted by Gasteiger charge is -2.12. The highest BCUT2D eigenvalue weighted by molar-refractivity contribution is 6.13. The van der Waals surface area contributed by atoms with Crippen LogP contribution < -0.4 is 10.4 Å². The van der Waals surface area contributed by atoms with Crippen molar-refractivity contribution in [3.05, 3.63) is 52.4 Å². The Morgan fingerprint density at radius 2 is 1.77 bits per heavy atom. The molecule has 26 heavy (non-hydrogen) atoms. The van der Waals surface area contributed by atoms with Gasteiger partial charge < -0.3 is 18.5 Å². The average Bonchev–Trinajstić information content (AvgIpc) is 2.96. The number of hydrogen-bond donors (Lipinski definition) is 0. The van der Waals surface area contributed by atoms with Crippen LogP contribution >= 0.6 is 0 Å². The Balaban J connectivity index is 1.95. The van der Waals surface area contributed by atoms with Crippen LogP contribution in [0.4, 0.5) is 0 Å². The molecule has 0 saturated carbocycles. The number of para-hydroxylation sites is 1. The van der Waals surface area contributed by atoms with Crippen molar-refractivity contribution in [2.24, 2.45) is 0 Å². The van der Waals surface area contributed by atoms with Crippen molar-refractivity contribution in [3.8, 4) is 5.75 Å². The minimum absolute atomic E-state index is 0.386. The summed E-state index contributed by atoms with van der Waals surface area (Å²) in [5.74, 6) is 0.508. The van der Waals surface area contributed by atoms with E-state index in [0.717, 1.165) is 40.3 Å². The molecule has 0 spiro atoms. The molecule has 0 unspecified atom stereocenters. The Morgan fingerprint density at radius 1 is 1.00 bits per heavy atom. The molecule has 5 heteroatoms. The highest BCUT2D eigenvalue weighted by Crippen LogP contribution is 2.40. The van der Waals surface area contributed by atoms with Crippen LogP contribution in [0.2, 0.25) is 0 Å². The van der Waals surface area contributed by atoms with E-state index in [0.29, 0.717) is 23.5 Å². The molecule has 0 atom stereocenters. The summed E-state index contributed by atoms with van der Waals surface area (Å²) in [6.45, 7) is 3.33. The zero-order valence-corrected chi connectivity index (χ0v) is 15.2. The number of fused-ring (bicyclic) bond motifs is 4. The summed E-state index contributed by atoms with van der Waals surface area (Å²) in [6.07, 6.45) is 0.862. The second-order valence-corrected chi connectivity index (χ2v) is 6.81. The molecular weight excluding hydrogens is 330 g/mol. The molecule has 0 bridgehead atoms. The average molecular weight is 351 g/mol. The van der Waals surface area contributed by atoms with Gasteiger partial charge in [0.05, 0.1) is 6.61 Å². The first kappa shape index (κ1) is 16.7. The molecule has 0 saturated heterocycles. The largest absolute Gasteiger partial charge is 0.486 e. The van der Waals surface area contributed by atoms with Crippen molar-refractivity contribution in [3.63, 3.8) is 0 Å². The van der Waals surface area contributed by atoms with Crippen LogP contribution in [0.25, 0.3) is 32.9 Å². The lowest BCUT2D eigenvalue weighted by molar-refractivity contribution is 0.280. The predicted molar refractivity (Wildman–Crippen MR) is 103 cm³/mol. The Bertz CT molecular complexity index is 1150. The Morgan fingerprint density at radius 3 is 2.58 bits per heavy atom. The van der Waals surface area contributed by atoms with Gasteiger partial charge in [-0.3, -0.25) is 0 Å². The van der Waals surface area contributed by atoms with Gasteiger partial charge in [-0.05, 0) is 45.1 Å². The summed E-state index contributed by atoms with van der Waals surface area (Å²) >= 11 is 0. The van der Waals surface area contributed by atoms with Gasteiger partial charge in [-0.1, -0.05) is 18.2 Å². The zero-order valence-electron chi connectivity index (χ0n) is 15.2. The van der Waals surface area contributed by atoms with Crippen LogP contribution in [0.3, 0.4) is 0 Å². The molecule has 0 aliphatic heterocycles. The standard InChI is InChI=1S/C21H21NO4/c1-13-11-18(23)26-19-15(13)12-16-14-7-4-5-8-17(14)25-20(16)21(19)24-10-6-9-22(2)3/h4-5,7-8,11-12H,6,9-10H2,1-3H3. The van der Waals surface area contributed by atoms with Crippen LogP contribution in [-0.4, -0.2) is 32.1 Å². The zero-order chi connectivity index (χ0) is 18.3. The van der Waals surface area contributed by atoms with Crippen LogP contribution in [0.5, 0.6) is 5.75 Å². The summed E-state index contributed by atoms with van der Waals surface area (Å²) in [6, 6.07) is 11.4. The fourth-order valence-corrected chi connectivity index (χ4v) is 3.28. The van der Waals surface area contributed by atoms with E-state index in [1.165, 1.54) is 6.07 Å². The maximum absolute atomic E-state index is 11.9. The van der Waals surface area contributed by atoms with Crippen molar-refractivity contribution >= 4 is 32.9 Å². The maximum Gasteiger partial charge on any atom is 0.336 e. The molecule has 0 aliphatic carbocycles. The van der Waals surface area contributed by atoms with Crippen LogP contribution in [0, 0.1) is 6.92 Å². The quantitative estimate of drug-likeness (QED) is 0.396. The molecule has 0 aliphatic rings. The number of nitrogens with zero attached hydrogens (tertiary/aromatic N) is 1. The first-order valence-corrected chi connectivity index (χ1v) is 8.71. The second kappa shape index (κ2) is 6.50. The van der Waals surface area contributed by atoms with Gasteiger partial charge in [0, 0.05) is 28.8 Å². The minimum atomic E-state index is -0.386. The van der Waals surface area contributed by atoms with E-state index in [-0.39, 0.29) is 5.63 Å². The molecule has 2 heterocycles. The molecular formula is C21H21NO4. The van der Waals surface area contributed by atoms with Gasteiger partial charge in [0.2, 0.25) is 5.75 Å². The molecule has 4 aromatic rings. The molecule has 2 aromatic carbocycles. The highest BCUT2D eigenvalue weighted by Gasteiger charge is 2.19. The second-order valence-electron chi connectivity index (χ2n) is 6.81. The van der Waals surface area contributed by atoms with E-state index in [1.54, 1.807) is 0 Å². The fourth-order valence-electron chi connectivity index (χ4n) is 3.28. The summed E-state index contributed by atoms with van der Waals surface area (Å²) < 4.78 is 17.6. The third-order valence-electron chi connectivity index (χ3n) is 4.54. The smallest absolute Gasteiger partial charge is 0.336 e. The summed E-state index contributed by atoms with van der Waals surface area (Å²) in [4.78, 5) is 14.0. The number of ether oxygens (including phenoxy) is 1. The van der Waals surface area contributed by atoms with Crippen LogP contribution in [0.15, 0.2) is 50.0 Å². The molecule has 2 aromatic heterocycles. The number of hydrogen-bond acceptors (Lipinski definition) is 5. The maximum atomic E-state index is 11.9. The predicted octanol–water partition coefficient (Wildman–Crippen LogP) is 4.33. The van der Waals surface area contributed by atoms with E-state index in [2.05, 4.69) is 4.90 Å². The number of benzene rings is 2. The molecule has 5 nitrogen and oxygen atoms in total. The van der Waals surface area contributed by atoms with E-state index >= 15 is 0 Å². The fraction of sp³-hybridized carbons (Fsp3) is 0.286. The van der Waals surface area contributed by atoms with E-state index in [4.69, 9.17) is 13.6 Å². The van der Waals surface area contributed by atoms with Crippen molar-refractivity contribution in [1.82, 2.24) is 4.90 Å². The van der Waals surface area contributed by atoms with Gasteiger partial charge in [-0.25, -0.2) is 4.79 Å². The molecule has 4 rings (SSSR count). The first-order chi connectivity index (χ1) is 12.5. The van der Waals surface area contributed by atoms with Gasteiger partial charge in [0.25, 0.3) is 0 Å². The van der Waals surface area contributed by atoms with E-state index in [9.17, 15) is 4.79 Å². The SMILES string of the molecule is Cc1cc(=O)oc2c(OCCCN(C)C)c3oc4ccccc4c3cc12. The molecule has 0 amide bonds. The third-order valence-corrected chi connectivity index (χ3v) is 4.54. The number of furan rings is 1.